The minimum absolute atomic E-state index is 0.100. The lowest BCUT2D eigenvalue weighted by Gasteiger charge is -2.52. The Kier molecular flexibility index (Phi) is 4.61. The van der Waals surface area contributed by atoms with Crippen molar-refractivity contribution < 1.29 is 14.6 Å². The predicted molar refractivity (Wildman–Crippen MR) is 99.2 cm³/mol. The predicted octanol–water partition coefficient (Wildman–Crippen LogP) is 1.76. The van der Waals surface area contributed by atoms with Crippen molar-refractivity contribution in [1.82, 2.24) is 14.4 Å². The molecule has 1 atom stereocenters. The summed E-state index contributed by atoms with van der Waals surface area (Å²) in [5.74, 6) is 0.100. The van der Waals surface area contributed by atoms with E-state index in [0.29, 0.717) is 32.1 Å². The van der Waals surface area contributed by atoms with Gasteiger partial charge in [0, 0.05) is 50.4 Å². The summed E-state index contributed by atoms with van der Waals surface area (Å²) in [7, 11) is 0. The lowest BCUT2D eigenvalue weighted by Crippen LogP contribution is -2.63. The third-order valence-electron chi connectivity index (χ3n) is 6.46. The van der Waals surface area contributed by atoms with Gasteiger partial charge in [-0.1, -0.05) is 13.8 Å². The maximum absolute atomic E-state index is 13.1. The van der Waals surface area contributed by atoms with Crippen LogP contribution in [0.2, 0.25) is 0 Å². The smallest absolute Gasteiger partial charge is 0.270 e. The number of carbonyl (C=O) groups is 1. The first-order valence-electron chi connectivity index (χ1n) is 9.88. The highest BCUT2D eigenvalue weighted by Gasteiger charge is 2.49. The summed E-state index contributed by atoms with van der Waals surface area (Å²) in [6.07, 6.45) is 4.97. The molecule has 0 unspecified atom stereocenters. The molecule has 0 bridgehead atoms. The highest BCUT2D eigenvalue weighted by molar-refractivity contribution is 5.93. The molecule has 0 spiro atoms. The molecule has 3 heterocycles. The zero-order chi connectivity index (χ0) is 18.4. The summed E-state index contributed by atoms with van der Waals surface area (Å²) in [6.45, 7) is 9.25. The second kappa shape index (κ2) is 6.66. The van der Waals surface area contributed by atoms with Crippen LogP contribution in [0.25, 0.3) is 0 Å². The molecule has 1 saturated carbocycles. The van der Waals surface area contributed by atoms with Crippen molar-refractivity contribution in [3.8, 4) is 0 Å². The molecule has 6 heteroatoms. The van der Waals surface area contributed by atoms with Crippen LogP contribution in [0.1, 0.15) is 49.6 Å². The molecule has 144 valence electrons. The van der Waals surface area contributed by atoms with Gasteiger partial charge in [-0.15, -0.1) is 0 Å². The lowest BCUT2D eigenvalue weighted by atomic mass is 9.69. The van der Waals surface area contributed by atoms with Crippen molar-refractivity contribution in [2.45, 2.75) is 44.8 Å². The molecule has 1 N–H and O–H groups in total. The van der Waals surface area contributed by atoms with Gasteiger partial charge >= 0.3 is 0 Å². The average Bonchev–Trinajstić information content (AvgIpc) is 3.34. The fourth-order valence-electron chi connectivity index (χ4n) is 4.37. The third-order valence-corrected chi connectivity index (χ3v) is 6.46. The van der Waals surface area contributed by atoms with Crippen molar-refractivity contribution in [3.63, 3.8) is 0 Å². The fourth-order valence-corrected chi connectivity index (χ4v) is 4.37. The number of aliphatic hydroxyl groups is 1. The summed E-state index contributed by atoms with van der Waals surface area (Å²) >= 11 is 0. The zero-order valence-corrected chi connectivity index (χ0v) is 16.0. The second-order valence-electron chi connectivity index (χ2n) is 8.81. The Morgan fingerprint density at radius 2 is 2.00 bits per heavy atom. The number of hydrogen-bond acceptors (Lipinski definition) is 4. The van der Waals surface area contributed by atoms with E-state index in [-0.39, 0.29) is 11.3 Å². The highest BCUT2D eigenvalue weighted by Crippen LogP contribution is 2.41. The van der Waals surface area contributed by atoms with Gasteiger partial charge in [-0.2, -0.15) is 0 Å². The average molecular weight is 361 g/mol. The molecule has 1 aromatic rings. The number of hydrogen-bond donors (Lipinski definition) is 1. The van der Waals surface area contributed by atoms with Crippen LogP contribution in [0.4, 0.5) is 0 Å². The lowest BCUT2D eigenvalue weighted by molar-refractivity contribution is -0.133. The van der Waals surface area contributed by atoms with Gasteiger partial charge in [-0.3, -0.25) is 9.69 Å². The molecular weight excluding hydrogens is 330 g/mol. The van der Waals surface area contributed by atoms with Crippen LogP contribution < -0.4 is 0 Å². The van der Waals surface area contributed by atoms with Gasteiger partial charge in [0.1, 0.15) is 5.69 Å². The van der Waals surface area contributed by atoms with Crippen molar-refractivity contribution in [2.75, 3.05) is 45.9 Å². The van der Waals surface area contributed by atoms with E-state index in [1.165, 1.54) is 12.8 Å². The van der Waals surface area contributed by atoms with Gasteiger partial charge in [0.2, 0.25) is 0 Å². The topological polar surface area (TPSA) is 57.9 Å². The molecule has 4 rings (SSSR count). The largest absolute Gasteiger partial charge is 0.388 e. The highest BCUT2D eigenvalue weighted by atomic mass is 16.5. The Morgan fingerprint density at radius 1 is 1.27 bits per heavy atom. The first-order chi connectivity index (χ1) is 12.4. The van der Waals surface area contributed by atoms with Gasteiger partial charge in [-0.05, 0) is 31.4 Å². The Hall–Kier alpha value is -1.37. The summed E-state index contributed by atoms with van der Waals surface area (Å²) in [6, 6.07) is 4.40. The van der Waals surface area contributed by atoms with Gasteiger partial charge in [0.25, 0.3) is 5.91 Å². The number of nitrogens with zero attached hydrogens (tertiary/aromatic N) is 3. The number of amides is 1. The maximum Gasteiger partial charge on any atom is 0.270 e. The third kappa shape index (κ3) is 3.30. The standard InChI is InChI=1S/C20H31N3O3/c1-19(2)14-22(18(24)17-4-3-8-23(17)16-5-6-16)9-7-20(19,25)15-21-10-12-26-13-11-21/h3-4,8,16,25H,5-7,9-15H2,1-2H3/t20-/m1/s1. The molecule has 1 aliphatic carbocycles. The van der Waals surface area contributed by atoms with Crippen LogP contribution in [0.3, 0.4) is 0 Å². The first kappa shape index (κ1) is 18.0. The van der Waals surface area contributed by atoms with E-state index in [1.807, 2.05) is 23.2 Å². The number of ether oxygens (including phenoxy) is 1. The van der Waals surface area contributed by atoms with Crippen LogP contribution in [-0.2, 0) is 4.74 Å². The van der Waals surface area contributed by atoms with Crippen LogP contribution in [0.15, 0.2) is 18.3 Å². The van der Waals surface area contributed by atoms with E-state index in [9.17, 15) is 9.90 Å². The summed E-state index contributed by atoms with van der Waals surface area (Å²) in [5, 5.41) is 11.4. The molecule has 0 radical (unpaired) electrons. The number of rotatable bonds is 4. The van der Waals surface area contributed by atoms with E-state index in [0.717, 1.165) is 32.0 Å². The van der Waals surface area contributed by atoms with E-state index >= 15 is 0 Å². The molecule has 1 aromatic heterocycles. The Morgan fingerprint density at radius 3 is 2.65 bits per heavy atom. The van der Waals surface area contributed by atoms with Crippen LogP contribution in [-0.4, -0.2) is 76.9 Å². The fraction of sp³-hybridized carbons (Fsp3) is 0.750. The second-order valence-corrected chi connectivity index (χ2v) is 8.81. The van der Waals surface area contributed by atoms with Gasteiger partial charge in [0.05, 0.1) is 18.8 Å². The van der Waals surface area contributed by atoms with E-state index in [1.54, 1.807) is 0 Å². The van der Waals surface area contributed by atoms with Crippen LogP contribution >= 0.6 is 0 Å². The van der Waals surface area contributed by atoms with Crippen molar-refractivity contribution in [3.05, 3.63) is 24.0 Å². The molecule has 2 aliphatic heterocycles. The minimum atomic E-state index is -0.778. The Labute approximate surface area is 155 Å². The van der Waals surface area contributed by atoms with E-state index in [2.05, 4.69) is 23.3 Å². The van der Waals surface area contributed by atoms with Gasteiger partial charge < -0.3 is 19.3 Å². The van der Waals surface area contributed by atoms with Gasteiger partial charge in [0.15, 0.2) is 0 Å². The number of morpholine rings is 1. The molecule has 3 fully saturated rings. The van der Waals surface area contributed by atoms with Crippen molar-refractivity contribution in [2.24, 2.45) is 5.41 Å². The van der Waals surface area contributed by atoms with Crippen LogP contribution in [0, 0.1) is 5.41 Å². The number of piperidine rings is 1. The minimum Gasteiger partial charge on any atom is -0.388 e. The van der Waals surface area contributed by atoms with E-state index in [4.69, 9.17) is 4.74 Å². The number of likely N-dealkylation sites (tertiary alicyclic amines) is 1. The molecule has 3 aliphatic rings. The molecule has 1 amide bonds. The summed E-state index contributed by atoms with van der Waals surface area (Å²) < 4.78 is 7.55. The first-order valence-corrected chi connectivity index (χ1v) is 9.88. The normalized spacial score (nSPS) is 29.7. The maximum atomic E-state index is 13.1. The summed E-state index contributed by atoms with van der Waals surface area (Å²) in [4.78, 5) is 17.3. The quantitative estimate of drug-likeness (QED) is 0.888. The molecule has 6 nitrogen and oxygen atoms in total. The van der Waals surface area contributed by atoms with Crippen molar-refractivity contribution >= 4 is 5.91 Å². The van der Waals surface area contributed by atoms with Crippen molar-refractivity contribution in [1.29, 1.82) is 0 Å². The number of carbonyl (C=O) groups excluding carboxylic acids is 1. The monoisotopic (exact) mass is 361 g/mol. The zero-order valence-electron chi connectivity index (χ0n) is 16.0. The SMILES string of the molecule is CC1(C)CN(C(=O)c2cccn2C2CC2)CC[C@@]1(O)CN1CCOCC1. The molecule has 26 heavy (non-hydrogen) atoms. The Balaban J connectivity index is 1.45. The molecule has 2 saturated heterocycles. The number of β-amino-alcohol motifs (C(OH)–C–C–N with tert-alkyl or cyclic N) is 1. The van der Waals surface area contributed by atoms with E-state index < -0.39 is 5.60 Å². The van der Waals surface area contributed by atoms with Crippen LogP contribution in [0.5, 0.6) is 0 Å². The Bertz CT molecular complexity index is 661. The molecular formula is C20H31N3O3. The number of aromatic nitrogens is 1. The molecule has 0 aromatic carbocycles. The summed E-state index contributed by atoms with van der Waals surface area (Å²) in [5.41, 5.74) is -0.336. The van der Waals surface area contributed by atoms with Gasteiger partial charge in [-0.25, -0.2) is 0 Å².